The normalized spacial score (nSPS) is 10.8. The van der Waals surface area contributed by atoms with Crippen molar-refractivity contribution in [3.05, 3.63) is 101 Å². The molecule has 30 heavy (non-hydrogen) atoms. The molecule has 0 saturated carbocycles. The SMILES string of the molecule is COC(=O)c1ccc(CN(CCCc2ccccc2)Cc2cccc(OC)c2)cc1. The van der Waals surface area contributed by atoms with Crippen LogP contribution in [0.2, 0.25) is 0 Å². The highest BCUT2D eigenvalue weighted by molar-refractivity contribution is 5.89. The molecule has 0 atom stereocenters. The topological polar surface area (TPSA) is 38.8 Å². The van der Waals surface area contributed by atoms with Gasteiger partial charge in [0.05, 0.1) is 19.8 Å². The van der Waals surface area contributed by atoms with Gasteiger partial charge in [-0.1, -0.05) is 54.6 Å². The first-order chi connectivity index (χ1) is 14.7. The van der Waals surface area contributed by atoms with E-state index in [1.807, 2.05) is 36.4 Å². The average Bonchev–Trinajstić information content (AvgIpc) is 2.80. The molecule has 0 aliphatic heterocycles. The Labute approximate surface area is 179 Å². The number of ether oxygens (including phenoxy) is 2. The molecule has 3 aromatic rings. The van der Waals surface area contributed by atoms with Crippen molar-refractivity contribution in [1.82, 2.24) is 4.90 Å². The van der Waals surface area contributed by atoms with Gasteiger partial charge < -0.3 is 9.47 Å². The largest absolute Gasteiger partial charge is 0.497 e. The Kier molecular flexibility index (Phi) is 8.04. The standard InChI is InChI=1S/C26H29NO3/c1-29-25-12-6-10-23(18-25)20-27(17-7-11-21-8-4-3-5-9-21)19-22-13-15-24(16-14-22)26(28)30-2/h3-6,8-10,12-16,18H,7,11,17,19-20H2,1-2H3. The molecule has 0 spiro atoms. The highest BCUT2D eigenvalue weighted by atomic mass is 16.5. The molecule has 0 saturated heterocycles. The zero-order valence-corrected chi connectivity index (χ0v) is 17.7. The van der Waals surface area contributed by atoms with Crippen LogP contribution in [0.4, 0.5) is 0 Å². The van der Waals surface area contributed by atoms with E-state index in [-0.39, 0.29) is 5.97 Å². The molecular weight excluding hydrogens is 374 g/mol. The van der Waals surface area contributed by atoms with Gasteiger partial charge in [-0.15, -0.1) is 0 Å². The lowest BCUT2D eigenvalue weighted by Gasteiger charge is -2.23. The van der Waals surface area contributed by atoms with Crippen LogP contribution in [-0.4, -0.2) is 31.6 Å². The second-order valence-corrected chi connectivity index (χ2v) is 7.34. The molecule has 0 aliphatic rings. The van der Waals surface area contributed by atoms with E-state index in [0.717, 1.165) is 38.2 Å². The second-order valence-electron chi connectivity index (χ2n) is 7.34. The van der Waals surface area contributed by atoms with Crippen LogP contribution >= 0.6 is 0 Å². The number of aryl methyl sites for hydroxylation is 1. The van der Waals surface area contributed by atoms with Crippen LogP contribution < -0.4 is 4.74 Å². The first-order valence-electron chi connectivity index (χ1n) is 10.2. The predicted molar refractivity (Wildman–Crippen MR) is 120 cm³/mol. The van der Waals surface area contributed by atoms with Gasteiger partial charge >= 0.3 is 5.97 Å². The third kappa shape index (κ3) is 6.46. The third-order valence-electron chi connectivity index (χ3n) is 5.10. The summed E-state index contributed by atoms with van der Waals surface area (Å²) in [4.78, 5) is 14.1. The Hall–Kier alpha value is -3.11. The van der Waals surface area contributed by atoms with Crippen molar-refractivity contribution in [2.75, 3.05) is 20.8 Å². The predicted octanol–water partition coefficient (Wildman–Crippen LogP) is 5.12. The minimum absolute atomic E-state index is 0.308. The fraction of sp³-hybridized carbons (Fsp3) is 0.269. The highest BCUT2D eigenvalue weighted by Gasteiger charge is 2.10. The van der Waals surface area contributed by atoms with Crippen molar-refractivity contribution in [2.24, 2.45) is 0 Å². The fourth-order valence-electron chi connectivity index (χ4n) is 3.52. The number of esters is 1. The van der Waals surface area contributed by atoms with Crippen LogP contribution in [0.25, 0.3) is 0 Å². The van der Waals surface area contributed by atoms with Gasteiger partial charge in [-0.3, -0.25) is 4.90 Å². The van der Waals surface area contributed by atoms with E-state index in [0.29, 0.717) is 5.56 Å². The maximum atomic E-state index is 11.7. The lowest BCUT2D eigenvalue weighted by molar-refractivity contribution is 0.0600. The van der Waals surface area contributed by atoms with Gasteiger partial charge in [0, 0.05) is 13.1 Å². The second kappa shape index (κ2) is 11.2. The van der Waals surface area contributed by atoms with Gasteiger partial charge in [0.15, 0.2) is 0 Å². The molecule has 0 amide bonds. The Morgan fingerprint density at radius 3 is 2.20 bits per heavy atom. The van der Waals surface area contributed by atoms with Gasteiger partial charge in [-0.05, 0) is 60.3 Å². The van der Waals surface area contributed by atoms with Gasteiger partial charge in [0.25, 0.3) is 0 Å². The number of nitrogens with zero attached hydrogens (tertiary/aromatic N) is 1. The number of carbonyl (C=O) groups is 1. The molecular formula is C26H29NO3. The van der Waals surface area contributed by atoms with Crippen LogP contribution in [0, 0.1) is 0 Å². The monoisotopic (exact) mass is 403 g/mol. The van der Waals surface area contributed by atoms with E-state index in [2.05, 4.69) is 47.4 Å². The number of methoxy groups -OCH3 is 2. The zero-order valence-electron chi connectivity index (χ0n) is 17.7. The van der Waals surface area contributed by atoms with Crippen molar-refractivity contribution < 1.29 is 14.3 Å². The summed E-state index contributed by atoms with van der Waals surface area (Å²) in [5, 5.41) is 0. The van der Waals surface area contributed by atoms with Gasteiger partial charge in [0.2, 0.25) is 0 Å². The molecule has 0 unspecified atom stereocenters. The lowest BCUT2D eigenvalue weighted by Crippen LogP contribution is -2.24. The summed E-state index contributed by atoms with van der Waals surface area (Å²) in [7, 11) is 3.10. The molecule has 4 nitrogen and oxygen atoms in total. The van der Waals surface area contributed by atoms with Crippen LogP contribution in [0.15, 0.2) is 78.9 Å². The number of benzene rings is 3. The quantitative estimate of drug-likeness (QED) is 0.441. The summed E-state index contributed by atoms with van der Waals surface area (Å²) in [5.74, 6) is 0.566. The minimum Gasteiger partial charge on any atom is -0.497 e. The van der Waals surface area contributed by atoms with E-state index in [9.17, 15) is 4.79 Å². The van der Waals surface area contributed by atoms with Gasteiger partial charge in [-0.2, -0.15) is 0 Å². The average molecular weight is 404 g/mol. The van der Waals surface area contributed by atoms with E-state index >= 15 is 0 Å². The van der Waals surface area contributed by atoms with Gasteiger partial charge in [-0.25, -0.2) is 4.79 Å². The Morgan fingerprint density at radius 2 is 1.50 bits per heavy atom. The number of carbonyl (C=O) groups excluding carboxylic acids is 1. The van der Waals surface area contributed by atoms with E-state index < -0.39 is 0 Å². The first kappa shape index (κ1) is 21.6. The molecule has 0 N–H and O–H groups in total. The molecule has 156 valence electrons. The Morgan fingerprint density at radius 1 is 0.800 bits per heavy atom. The summed E-state index contributed by atoms with van der Waals surface area (Å²) in [5.41, 5.74) is 4.33. The van der Waals surface area contributed by atoms with E-state index in [1.165, 1.54) is 23.8 Å². The smallest absolute Gasteiger partial charge is 0.337 e. The molecule has 4 heteroatoms. The molecule has 0 fully saturated rings. The Balaban J connectivity index is 1.68. The molecule has 0 aliphatic carbocycles. The van der Waals surface area contributed by atoms with Crippen molar-refractivity contribution in [2.45, 2.75) is 25.9 Å². The van der Waals surface area contributed by atoms with Crippen LogP contribution in [-0.2, 0) is 24.2 Å². The van der Waals surface area contributed by atoms with Crippen molar-refractivity contribution >= 4 is 5.97 Å². The van der Waals surface area contributed by atoms with Crippen molar-refractivity contribution in [3.8, 4) is 5.75 Å². The first-order valence-corrected chi connectivity index (χ1v) is 10.2. The molecule has 3 aromatic carbocycles. The number of rotatable bonds is 10. The highest BCUT2D eigenvalue weighted by Crippen LogP contribution is 2.17. The Bertz CT molecular complexity index is 923. The summed E-state index contributed by atoms with van der Waals surface area (Å²) >= 11 is 0. The maximum Gasteiger partial charge on any atom is 0.337 e. The van der Waals surface area contributed by atoms with Crippen molar-refractivity contribution in [1.29, 1.82) is 0 Å². The van der Waals surface area contributed by atoms with Crippen LogP contribution in [0.1, 0.15) is 33.5 Å². The maximum absolute atomic E-state index is 11.7. The molecule has 3 rings (SSSR count). The van der Waals surface area contributed by atoms with Crippen LogP contribution in [0.3, 0.4) is 0 Å². The zero-order chi connectivity index (χ0) is 21.2. The summed E-state index contributed by atoms with van der Waals surface area (Å²) in [6.07, 6.45) is 2.13. The fourth-order valence-corrected chi connectivity index (χ4v) is 3.52. The number of hydrogen-bond acceptors (Lipinski definition) is 4. The lowest BCUT2D eigenvalue weighted by atomic mass is 10.1. The number of hydrogen-bond donors (Lipinski definition) is 0. The van der Waals surface area contributed by atoms with E-state index in [1.54, 1.807) is 7.11 Å². The third-order valence-corrected chi connectivity index (χ3v) is 5.10. The van der Waals surface area contributed by atoms with Gasteiger partial charge in [0.1, 0.15) is 5.75 Å². The summed E-state index contributed by atoms with van der Waals surface area (Å²) in [6.45, 7) is 2.63. The molecule has 0 heterocycles. The summed E-state index contributed by atoms with van der Waals surface area (Å²) < 4.78 is 10.2. The van der Waals surface area contributed by atoms with Crippen molar-refractivity contribution in [3.63, 3.8) is 0 Å². The molecule has 0 aromatic heterocycles. The molecule has 0 bridgehead atoms. The van der Waals surface area contributed by atoms with E-state index in [4.69, 9.17) is 9.47 Å². The summed E-state index contributed by atoms with van der Waals surface area (Å²) in [6, 6.07) is 26.5. The molecule has 0 radical (unpaired) electrons. The van der Waals surface area contributed by atoms with Crippen LogP contribution in [0.5, 0.6) is 5.75 Å². The minimum atomic E-state index is -0.308.